The number of nitrogens with zero attached hydrogens (tertiary/aromatic N) is 3. The minimum absolute atomic E-state index is 0.0308. The highest BCUT2D eigenvalue weighted by atomic mass is 32.1. The molecule has 2 heterocycles. The second-order valence-electron chi connectivity index (χ2n) is 6.51. The van der Waals surface area contributed by atoms with Gasteiger partial charge in [-0.15, -0.1) is 11.3 Å². The molecule has 0 amide bonds. The number of benzene rings is 1. The maximum atomic E-state index is 11.6. The highest BCUT2D eigenvalue weighted by Crippen LogP contribution is 2.35. The van der Waals surface area contributed by atoms with Crippen molar-refractivity contribution in [2.75, 3.05) is 5.32 Å². The van der Waals surface area contributed by atoms with Gasteiger partial charge in [-0.1, -0.05) is 32.9 Å². The summed E-state index contributed by atoms with van der Waals surface area (Å²) in [5.74, 6) is 0.924. The normalized spacial score (nSPS) is 12.0. The zero-order valence-corrected chi connectivity index (χ0v) is 16.9. The lowest BCUT2D eigenvalue weighted by Crippen LogP contribution is -2.00. The number of carbonyl (C=O) groups is 1. The number of nitrogens with one attached hydrogen (secondary N) is 1. The van der Waals surface area contributed by atoms with Crippen molar-refractivity contribution in [3.8, 4) is 10.6 Å². The van der Waals surface area contributed by atoms with E-state index in [1.54, 1.807) is 30.5 Å². The number of aryl methyl sites for hydroxylation is 1. The van der Waals surface area contributed by atoms with Crippen LogP contribution in [0.25, 0.3) is 10.6 Å². The lowest BCUT2D eigenvalue weighted by atomic mass is 10.0. The highest BCUT2D eigenvalue weighted by Gasteiger charge is 2.18. The van der Waals surface area contributed by atoms with E-state index in [4.69, 9.17) is 9.97 Å². The van der Waals surface area contributed by atoms with E-state index in [9.17, 15) is 4.79 Å². The minimum Gasteiger partial charge on any atom is -0.324 e. The summed E-state index contributed by atoms with van der Waals surface area (Å²) in [6.07, 6.45) is 3.71. The second kappa shape index (κ2) is 8.39. The van der Waals surface area contributed by atoms with Crippen molar-refractivity contribution < 1.29 is 4.79 Å². The molecule has 0 aliphatic carbocycles. The van der Waals surface area contributed by atoms with Crippen LogP contribution in [0.2, 0.25) is 0 Å². The molecule has 0 saturated heterocycles. The zero-order valence-electron chi connectivity index (χ0n) is 16.1. The standard InChI is InChI=1S/C21H24N4OS/c1-5-13(3)19-20(27-18(6-2)25-19)17-10-11-22-21(24-17)23-16-9-7-8-15(12-16)14(4)26/h7-13H,5-6H2,1-4H3,(H,22,23,24). The molecule has 0 saturated carbocycles. The van der Waals surface area contributed by atoms with Crippen LogP contribution in [0.5, 0.6) is 0 Å². The Kier molecular flexibility index (Phi) is 5.96. The van der Waals surface area contributed by atoms with E-state index in [0.717, 1.165) is 39.8 Å². The third-order valence-corrected chi connectivity index (χ3v) is 5.73. The topological polar surface area (TPSA) is 67.8 Å². The summed E-state index contributed by atoms with van der Waals surface area (Å²) in [6.45, 7) is 8.06. The molecular weight excluding hydrogens is 356 g/mol. The molecule has 1 unspecified atom stereocenters. The van der Waals surface area contributed by atoms with E-state index in [1.807, 2.05) is 24.3 Å². The van der Waals surface area contributed by atoms with Gasteiger partial charge in [-0.25, -0.2) is 15.0 Å². The summed E-state index contributed by atoms with van der Waals surface area (Å²) in [7, 11) is 0. The maximum absolute atomic E-state index is 11.6. The Balaban J connectivity index is 1.94. The van der Waals surface area contributed by atoms with Gasteiger partial charge in [0.2, 0.25) is 5.95 Å². The first-order chi connectivity index (χ1) is 13.0. The largest absolute Gasteiger partial charge is 0.324 e. The molecule has 0 spiro atoms. The van der Waals surface area contributed by atoms with Crippen molar-refractivity contribution in [3.05, 3.63) is 52.8 Å². The van der Waals surface area contributed by atoms with Gasteiger partial charge in [-0.3, -0.25) is 4.79 Å². The Morgan fingerprint density at radius 2 is 2.04 bits per heavy atom. The predicted molar refractivity (Wildman–Crippen MR) is 111 cm³/mol. The van der Waals surface area contributed by atoms with E-state index < -0.39 is 0 Å². The van der Waals surface area contributed by atoms with Crippen molar-refractivity contribution in [2.24, 2.45) is 0 Å². The quantitative estimate of drug-likeness (QED) is 0.539. The van der Waals surface area contributed by atoms with E-state index in [1.165, 1.54) is 0 Å². The fraction of sp³-hybridized carbons (Fsp3) is 0.333. The first-order valence-electron chi connectivity index (χ1n) is 9.22. The summed E-state index contributed by atoms with van der Waals surface area (Å²) in [6, 6.07) is 9.28. The van der Waals surface area contributed by atoms with Gasteiger partial charge in [0.25, 0.3) is 0 Å². The first-order valence-corrected chi connectivity index (χ1v) is 10.0. The van der Waals surface area contributed by atoms with Crippen molar-refractivity contribution in [3.63, 3.8) is 0 Å². The smallest absolute Gasteiger partial charge is 0.227 e. The summed E-state index contributed by atoms with van der Waals surface area (Å²) in [5, 5.41) is 4.33. The lowest BCUT2D eigenvalue weighted by molar-refractivity contribution is 0.101. The molecule has 3 aromatic rings. The van der Waals surface area contributed by atoms with Crippen molar-refractivity contribution in [2.45, 2.75) is 46.5 Å². The second-order valence-corrected chi connectivity index (χ2v) is 7.60. The van der Waals surface area contributed by atoms with Gasteiger partial charge >= 0.3 is 0 Å². The number of hydrogen-bond acceptors (Lipinski definition) is 6. The fourth-order valence-corrected chi connectivity index (χ4v) is 3.82. The summed E-state index contributed by atoms with van der Waals surface area (Å²) >= 11 is 1.70. The van der Waals surface area contributed by atoms with E-state index in [0.29, 0.717) is 17.4 Å². The number of anilines is 2. The van der Waals surface area contributed by atoms with Crippen LogP contribution in [0.3, 0.4) is 0 Å². The Morgan fingerprint density at radius 1 is 1.22 bits per heavy atom. The Bertz CT molecular complexity index is 951. The monoisotopic (exact) mass is 380 g/mol. The number of ketones is 1. The van der Waals surface area contributed by atoms with Gasteiger partial charge in [-0.05, 0) is 43.9 Å². The summed E-state index contributed by atoms with van der Waals surface area (Å²) in [4.78, 5) is 26.6. The molecule has 27 heavy (non-hydrogen) atoms. The van der Waals surface area contributed by atoms with Gasteiger partial charge in [0.05, 0.1) is 21.3 Å². The third kappa shape index (κ3) is 4.39. The SMILES string of the molecule is CCc1nc(C(C)CC)c(-c2ccnc(Nc3cccc(C(C)=O)c3)n2)s1. The molecule has 1 N–H and O–H groups in total. The number of aromatic nitrogens is 3. The van der Waals surface area contributed by atoms with Crippen molar-refractivity contribution in [1.29, 1.82) is 0 Å². The van der Waals surface area contributed by atoms with Crippen LogP contribution in [0.15, 0.2) is 36.5 Å². The number of rotatable bonds is 7. The third-order valence-electron chi connectivity index (χ3n) is 4.49. The number of Topliss-reactive ketones (excluding diaryl/α,β-unsaturated/α-hetero) is 1. The van der Waals surface area contributed by atoms with Crippen molar-refractivity contribution >= 4 is 28.8 Å². The molecule has 0 aliphatic heterocycles. The molecule has 0 aliphatic rings. The lowest BCUT2D eigenvalue weighted by Gasteiger charge is -2.10. The van der Waals surface area contributed by atoms with Gasteiger partial charge in [0, 0.05) is 17.4 Å². The van der Waals surface area contributed by atoms with Crippen LogP contribution in [0.4, 0.5) is 11.6 Å². The van der Waals surface area contributed by atoms with Crippen LogP contribution in [0.1, 0.15) is 61.1 Å². The van der Waals surface area contributed by atoms with Crippen LogP contribution < -0.4 is 5.32 Å². The van der Waals surface area contributed by atoms with Crippen LogP contribution in [-0.4, -0.2) is 20.7 Å². The summed E-state index contributed by atoms with van der Waals surface area (Å²) in [5.41, 5.74) is 3.44. The average Bonchev–Trinajstić information content (AvgIpc) is 3.12. The summed E-state index contributed by atoms with van der Waals surface area (Å²) < 4.78 is 0. The molecular formula is C21H24N4OS. The average molecular weight is 381 g/mol. The molecule has 1 atom stereocenters. The van der Waals surface area contributed by atoms with Crippen LogP contribution in [0, 0.1) is 0 Å². The van der Waals surface area contributed by atoms with E-state index in [-0.39, 0.29) is 5.78 Å². The molecule has 1 aromatic carbocycles. The Morgan fingerprint density at radius 3 is 2.74 bits per heavy atom. The molecule has 5 nitrogen and oxygen atoms in total. The maximum Gasteiger partial charge on any atom is 0.227 e. The fourth-order valence-electron chi connectivity index (χ4n) is 2.73. The van der Waals surface area contributed by atoms with Crippen molar-refractivity contribution in [1.82, 2.24) is 15.0 Å². The van der Waals surface area contributed by atoms with Gasteiger partial charge in [0.15, 0.2) is 5.78 Å². The molecule has 140 valence electrons. The molecule has 2 aromatic heterocycles. The first kappa shape index (κ1) is 19.2. The van der Waals surface area contributed by atoms with Gasteiger partial charge in [-0.2, -0.15) is 0 Å². The predicted octanol–water partition coefficient (Wildman–Crippen LogP) is 5.62. The molecule has 0 radical (unpaired) electrons. The van der Waals surface area contributed by atoms with Crippen LogP contribution in [-0.2, 0) is 6.42 Å². The Hall–Kier alpha value is -2.60. The van der Waals surface area contributed by atoms with Gasteiger partial charge < -0.3 is 5.32 Å². The molecule has 0 fully saturated rings. The Labute approximate surface area is 163 Å². The number of hydrogen-bond donors (Lipinski definition) is 1. The molecule has 3 rings (SSSR count). The number of thiazole rings is 1. The molecule has 0 bridgehead atoms. The van der Waals surface area contributed by atoms with E-state index in [2.05, 4.69) is 31.1 Å². The zero-order chi connectivity index (χ0) is 19.4. The van der Waals surface area contributed by atoms with E-state index >= 15 is 0 Å². The number of carbonyl (C=O) groups excluding carboxylic acids is 1. The highest BCUT2D eigenvalue weighted by molar-refractivity contribution is 7.15. The minimum atomic E-state index is 0.0308. The molecule has 6 heteroatoms. The van der Waals surface area contributed by atoms with Gasteiger partial charge in [0.1, 0.15) is 0 Å². The van der Waals surface area contributed by atoms with Crippen LogP contribution >= 0.6 is 11.3 Å².